The van der Waals surface area contributed by atoms with Crippen LogP contribution in [-0.2, 0) is 49.7 Å². The standard InChI is InChI=1S/C32H45N7O6/c1-19(2)28-32(45)34-25(17-21-9-5-4-6-10-21)30(43)36-29(20(3)40)31(44)33-15-16-39(18-26(41)35-28)27(42)14-13-24-22-11-7-8-12-23(22)37-38-24/h4-6,9-10,19-20,25,28-29,40H,7-8,11-18H2,1-3H3,(H,33,44)(H,34,45)(H,35,41)(H,36,43)(H,37,38)/t20-,25+,28-,29+/m1/s1. The van der Waals surface area contributed by atoms with Crippen molar-refractivity contribution in [1.29, 1.82) is 0 Å². The number of aromatic nitrogens is 2. The van der Waals surface area contributed by atoms with Gasteiger partial charge in [0.1, 0.15) is 18.1 Å². The lowest BCUT2D eigenvalue weighted by Gasteiger charge is -2.27. The number of aromatic amines is 1. The minimum absolute atomic E-state index is 0.00627. The van der Waals surface area contributed by atoms with Gasteiger partial charge in [-0.05, 0) is 49.7 Å². The molecule has 4 rings (SSSR count). The summed E-state index contributed by atoms with van der Waals surface area (Å²) in [6.45, 7) is 4.58. The number of hydrogen-bond donors (Lipinski definition) is 6. The summed E-state index contributed by atoms with van der Waals surface area (Å²) in [5.74, 6) is -3.07. The minimum Gasteiger partial charge on any atom is -0.391 e. The third-order valence-corrected chi connectivity index (χ3v) is 8.33. The van der Waals surface area contributed by atoms with Gasteiger partial charge in [0.2, 0.25) is 29.5 Å². The summed E-state index contributed by atoms with van der Waals surface area (Å²) in [7, 11) is 0. The number of carbonyl (C=O) groups excluding carboxylic acids is 5. The second-order valence-corrected chi connectivity index (χ2v) is 12.2. The van der Waals surface area contributed by atoms with E-state index in [0.29, 0.717) is 6.42 Å². The number of H-pyrrole nitrogens is 1. The van der Waals surface area contributed by atoms with E-state index in [2.05, 4.69) is 31.5 Å². The molecule has 1 saturated heterocycles. The Bertz CT molecular complexity index is 1360. The van der Waals surface area contributed by atoms with Crippen LogP contribution in [0.4, 0.5) is 0 Å². The molecule has 4 atom stereocenters. The molecule has 13 nitrogen and oxygen atoms in total. The van der Waals surface area contributed by atoms with Gasteiger partial charge in [-0.25, -0.2) is 0 Å². The van der Waals surface area contributed by atoms with E-state index in [9.17, 15) is 29.1 Å². The van der Waals surface area contributed by atoms with Crippen LogP contribution in [-0.4, -0.2) is 93.6 Å². The van der Waals surface area contributed by atoms with E-state index in [1.165, 1.54) is 17.4 Å². The fourth-order valence-corrected chi connectivity index (χ4v) is 5.76. The number of aliphatic hydroxyl groups is 1. The second kappa shape index (κ2) is 15.6. The summed E-state index contributed by atoms with van der Waals surface area (Å²) in [5.41, 5.74) is 3.90. The predicted octanol–water partition coefficient (Wildman–Crippen LogP) is -0.0866. The van der Waals surface area contributed by atoms with Gasteiger partial charge in [-0.2, -0.15) is 5.10 Å². The van der Waals surface area contributed by atoms with Gasteiger partial charge in [-0.3, -0.25) is 29.1 Å². The lowest BCUT2D eigenvalue weighted by atomic mass is 9.94. The third kappa shape index (κ3) is 9.13. The third-order valence-electron chi connectivity index (χ3n) is 8.33. The summed E-state index contributed by atoms with van der Waals surface area (Å²) in [5, 5.41) is 28.6. The molecule has 2 heterocycles. The minimum atomic E-state index is -1.31. The van der Waals surface area contributed by atoms with Gasteiger partial charge >= 0.3 is 0 Å². The number of aryl methyl sites for hydroxylation is 2. The van der Waals surface area contributed by atoms with Crippen molar-refractivity contribution in [3.63, 3.8) is 0 Å². The molecule has 45 heavy (non-hydrogen) atoms. The summed E-state index contributed by atoms with van der Waals surface area (Å²) >= 11 is 0. The number of fused-ring (bicyclic) bond motifs is 1. The van der Waals surface area contributed by atoms with Gasteiger partial charge in [-0.1, -0.05) is 44.2 Å². The van der Waals surface area contributed by atoms with Crippen LogP contribution in [0.25, 0.3) is 0 Å². The van der Waals surface area contributed by atoms with Crippen LogP contribution >= 0.6 is 0 Å². The molecule has 6 N–H and O–H groups in total. The van der Waals surface area contributed by atoms with E-state index in [0.717, 1.165) is 42.6 Å². The van der Waals surface area contributed by atoms with Crippen LogP contribution < -0.4 is 21.3 Å². The SMILES string of the molecule is CC(C)[C@H]1NC(=O)CN(C(=O)CCc2n[nH]c3c2CCCC3)CCNC(=O)[C@H]([C@@H](C)O)NC(=O)[C@H](Cc2ccccc2)NC1=O. The largest absolute Gasteiger partial charge is 0.391 e. The molecule has 244 valence electrons. The molecule has 0 bridgehead atoms. The van der Waals surface area contributed by atoms with Gasteiger partial charge in [0.15, 0.2) is 0 Å². The topological polar surface area (TPSA) is 186 Å². The van der Waals surface area contributed by atoms with Gasteiger partial charge < -0.3 is 31.3 Å². The summed E-state index contributed by atoms with van der Waals surface area (Å²) in [6.07, 6.45) is 3.42. The summed E-state index contributed by atoms with van der Waals surface area (Å²) in [6, 6.07) is 5.66. The Balaban J connectivity index is 1.54. The van der Waals surface area contributed by atoms with Crippen LogP contribution in [0, 0.1) is 5.92 Å². The molecule has 1 aliphatic heterocycles. The Morgan fingerprint density at radius 1 is 0.956 bits per heavy atom. The molecule has 0 radical (unpaired) electrons. The number of nitrogens with one attached hydrogen (secondary N) is 5. The summed E-state index contributed by atoms with van der Waals surface area (Å²) < 4.78 is 0. The Morgan fingerprint density at radius 2 is 1.69 bits per heavy atom. The molecule has 0 unspecified atom stereocenters. The van der Waals surface area contributed by atoms with Crippen LogP contribution in [0.5, 0.6) is 0 Å². The normalized spacial score (nSPS) is 22.7. The van der Waals surface area contributed by atoms with E-state index in [4.69, 9.17) is 0 Å². The number of aliphatic hydroxyl groups excluding tert-OH is 1. The monoisotopic (exact) mass is 623 g/mol. The van der Waals surface area contributed by atoms with E-state index < -0.39 is 47.9 Å². The number of nitrogens with zero attached hydrogens (tertiary/aromatic N) is 2. The number of hydrogen-bond acceptors (Lipinski definition) is 7. The van der Waals surface area contributed by atoms with E-state index >= 15 is 0 Å². The molecule has 0 saturated carbocycles. The molecule has 1 aromatic carbocycles. The highest BCUT2D eigenvalue weighted by Crippen LogP contribution is 2.23. The average Bonchev–Trinajstić information content (AvgIpc) is 3.43. The molecule has 1 aromatic heterocycles. The first-order chi connectivity index (χ1) is 21.5. The van der Waals surface area contributed by atoms with Crippen LogP contribution in [0.15, 0.2) is 30.3 Å². The Morgan fingerprint density at radius 3 is 2.40 bits per heavy atom. The Labute approximate surface area is 263 Å². The van der Waals surface area contributed by atoms with Crippen molar-refractivity contribution in [2.45, 2.75) is 89.9 Å². The van der Waals surface area contributed by atoms with Crippen LogP contribution in [0.2, 0.25) is 0 Å². The van der Waals surface area contributed by atoms with E-state index in [-0.39, 0.29) is 44.3 Å². The molecular weight excluding hydrogens is 578 g/mol. The summed E-state index contributed by atoms with van der Waals surface area (Å²) in [4.78, 5) is 68.1. The van der Waals surface area contributed by atoms with Crippen molar-refractivity contribution in [2.24, 2.45) is 5.92 Å². The molecule has 5 amide bonds. The number of rotatable bonds is 7. The molecule has 1 aliphatic carbocycles. The molecular formula is C32H45N7O6. The number of benzene rings is 1. The molecule has 2 aliphatic rings. The van der Waals surface area contributed by atoms with Crippen molar-refractivity contribution in [1.82, 2.24) is 36.4 Å². The first kappa shape index (κ1) is 33.6. The predicted molar refractivity (Wildman–Crippen MR) is 166 cm³/mol. The van der Waals surface area contributed by atoms with Gasteiger partial charge in [0, 0.05) is 38.0 Å². The van der Waals surface area contributed by atoms with Crippen LogP contribution in [0.1, 0.15) is 62.5 Å². The Kier molecular flexibility index (Phi) is 11.7. The quantitative estimate of drug-likeness (QED) is 0.249. The first-order valence-corrected chi connectivity index (χ1v) is 15.8. The molecule has 0 spiro atoms. The smallest absolute Gasteiger partial charge is 0.245 e. The van der Waals surface area contributed by atoms with E-state index in [1.54, 1.807) is 26.0 Å². The Hall–Kier alpha value is -4.26. The number of carbonyl (C=O) groups is 5. The van der Waals surface area contributed by atoms with Gasteiger partial charge in [0.25, 0.3) is 0 Å². The zero-order valence-corrected chi connectivity index (χ0v) is 26.2. The highest BCUT2D eigenvalue weighted by molar-refractivity contribution is 5.95. The lowest BCUT2D eigenvalue weighted by molar-refractivity contribution is -0.137. The van der Waals surface area contributed by atoms with Gasteiger partial charge in [-0.15, -0.1) is 0 Å². The van der Waals surface area contributed by atoms with Crippen molar-refractivity contribution in [3.05, 3.63) is 52.8 Å². The highest BCUT2D eigenvalue weighted by Gasteiger charge is 2.33. The first-order valence-electron chi connectivity index (χ1n) is 15.8. The fourth-order valence-electron chi connectivity index (χ4n) is 5.76. The molecule has 2 aromatic rings. The second-order valence-electron chi connectivity index (χ2n) is 12.2. The van der Waals surface area contributed by atoms with Crippen LogP contribution in [0.3, 0.4) is 0 Å². The van der Waals surface area contributed by atoms with Crippen molar-refractivity contribution in [3.8, 4) is 0 Å². The lowest BCUT2D eigenvalue weighted by Crippen LogP contribution is -2.60. The maximum absolute atomic E-state index is 13.5. The fraction of sp³-hybridized carbons (Fsp3) is 0.562. The maximum Gasteiger partial charge on any atom is 0.245 e. The van der Waals surface area contributed by atoms with Crippen molar-refractivity contribution >= 4 is 29.5 Å². The zero-order chi connectivity index (χ0) is 32.5. The van der Waals surface area contributed by atoms with Gasteiger partial charge in [0.05, 0.1) is 18.3 Å². The maximum atomic E-state index is 13.5. The molecule has 13 heteroatoms. The van der Waals surface area contributed by atoms with Crippen molar-refractivity contribution in [2.75, 3.05) is 19.6 Å². The van der Waals surface area contributed by atoms with Crippen molar-refractivity contribution < 1.29 is 29.1 Å². The average molecular weight is 624 g/mol. The molecule has 1 fully saturated rings. The zero-order valence-electron chi connectivity index (χ0n) is 26.2. The highest BCUT2D eigenvalue weighted by atomic mass is 16.3. The van der Waals surface area contributed by atoms with E-state index in [1.807, 2.05) is 18.2 Å². The number of amides is 5.